The fourth-order valence-corrected chi connectivity index (χ4v) is 1.99. The van der Waals surface area contributed by atoms with Gasteiger partial charge in [-0.3, -0.25) is 4.57 Å². The van der Waals surface area contributed by atoms with Crippen LogP contribution >= 0.6 is 0 Å². The van der Waals surface area contributed by atoms with Crippen molar-refractivity contribution >= 4 is 0 Å². The highest BCUT2D eigenvalue weighted by molar-refractivity contribution is 5.02. The highest BCUT2D eigenvalue weighted by Gasteiger charge is 2.48. The predicted octanol–water partition coefficient (Wildman–Crippen LogP) is -0.170. The van der Waals surface area contributed by atoms with E-state index in [-0.39, 0.29) is 6.42 Å². The van der Waals surface area contributed by atoms with Crippen LogP contribution in [0.2, 0.25) is 0 Å². The number of ether oxygens (including phenoxy) is 1. The van der Waals surface area contributed by atoms with Gasteiger partial charge in [0, 0.05) is 23.7 Å². The normalized spacial score (nSPS) is 30.1. The number of nitrogens with zero attached hydrogens (tertiary/aromatic N) is 5. The van der Waals surface area contributed by atoms with Crippen LogP contribution < -0.4 is 5.69 Å². The van der Waals surface area contributed by atoms with Crippen LogP contribution in [-0.4, -0.2) is 38.2 Å². The smallest absolute Gasteiger partial charge is 0.349 e. The van der Waals surface area contributed by atoms with Crippen LogP contribution in [0, 0.1) is 6.92 Å². The lowest BCUT2D eigenvalue weighted by atomic mass is 10.1. The molecule has 1 aromatic heterocycles. The number of hydrogen-bond acceptors (Lipinski definition) is 6. The van der Waals surface area contributed by atoms with Crippen molar-refractivity contribution in [1.82, 2.24) is 9.55 Å². The van der Waals surface area contributed by atoms with Crippen molar-refractivity contribution in [2.45, 2.75) is 31.4 Å². The van der Waals surface area contributed by atoms with Crippen molar-refractivity contribution in [2.75, 3.05) is 6.61 Å². The molecule has 2 heterocycles. The third-order valence-electron chi connectivity index (χ3n) is 2.98. The van der Waals surface area contributed by atoms with Crippen molar-refractivity contribution in [1.29, 1.82) is 0 Å². The van der Waals surface area contributed by atoms with Crippen LogP contribution in [0.1, 0.15) is 18.2 Å². The number of aliphatic hydroxyl groups excluding tert-OH is 2. The molecule has 0 bridgehead atoms. The van der Waals surface area contributed by atoms with Gasteiger partial charge in [0.1, 0.15) is 6.23 Å². The molecule has 1 aliphatic rings. The van der Waals surface area contributed by atoms with Gasteiger partial charge in [-0.2, -0.15) is 0 Å². The van der Waals surface area contributed by atoms with Gasteiger partial charge in [0.25, 0.3) is 0 Å². The summed E-state index contributed by atoms with van der Waals surface area (Å²) in [5.74, 6) is 0. The van der Waals surface area contributed by atoms with Crippen LogP contribution in [0.15, 0.2) is 22.3 Å². The van der Waals surface area contributed by atoms with Crippen molar-refractivity contribution in [2.24, 2.45) is 5.11 Å². The first kappa shape index (κ1) is 13.5. The Bertz CT molecular complexity index is 582. The standard InChI is InChI=1S/C10H13N5O4/c1-6-3-12-9(18)15(4-6)8-2-7(17)10(5-16,19-8)13-14-11/h3-4,7-8,16-17H,2,5H2,1H3/t7-,8+,10+/m0/s1. The number of azide groups is 1. The summed E-state index contributed by atoms with van der Waals surface area (Å²) in [6.45, 7) is 1.07. The van der Waals surface area contributed by atoms with E-state index < -0.39 is 30.4 Å². The van der Waals surface area contributed by atoms with E-state index in [9.17, 15) is 15.0 Å². The van der Waals surface area contributed by atoms with Gasteiger partial charge in [0.2, 0.25) is 0 Å². The van der Waals surface area contributed by atoms with Crippen LogP contribution in [-0.2, 0) is 4.74 Å². The van der Waals surface area contributed by atoms with Gasteiger partial charge in [-0.25, -0.2) is 9.78 Å². The van der Waals surface area contributed by atoms with Crippen molar-refractivity contribution in [3.8, 4) is 0 Å². The summed E-state index contributed by atoms with van der Waals surface area (Å²) in [4.78, 5) is 17.9. The zero-order valence-corrected chi connectivity index (χ0v) is 10.2. The molecular formula is C10H13N5O4. The van der Waals surface area contributed by atoms with E-state index in [1.807, 2.05) is 0 Å². The van der Waals surface area contributed by atoms with Crippen molar-refractivity contribution in [3.05, 3.63) is 38.9 Å². The molecule has 2 rings (SSSR count). The molecule has 3 atom stereocenters. The first-order chi connectivity index (χ1) is 9.02. The maximum atomic E-state index is 11.6. The topological polar surface area (TPSA) is 133 Å². The predicted molar refractivity (Wildman–Crippen MR) is 62.9 cm³/mol. The molecule has 0 aromatic carbocycles. The van der Waals surface area contributed by atoms with Gasteiger partial charge in [-0.1, -0.05) is 5.11 Å². The molecule has 0 spiro atoms. The van der Waals surface area contributed by atoms with Gasteiger partial charge in [-0.05, 0) is 18.0 Å². The first-order valence-corrected chi connectivity index (χ1v) is 5.60. The zero-order valence-electron chi connectivity index (χ0n) is 10.2. The summed E-state index contributed by atoms with van der Waals surface area (Å²) in [6.07, 6.45) is 0.913. The summed E-state index contributed by atoms with van der Waals surface area (Å²) in [7, 11) is 0. The molecule has 9 heteroatoms. The minimum Gasteiger partial charge on any atom is -0.393 e. The maximum Gasteiger partial charge on any atom is 0.349 e. The molecule has 0 amide bonds. The van der Waals surface area contributed by atoms with Gasteiger partial charge in [0.05, 0.1) is 12.7 Å². The number of aromatic nitrogens is 2. The van der Waals surface area contributed by atoms with E-state index in [0.29, 0.717) is 0 Å². The second-order valence-electron chi connectivity index (χ2n) is 4.34. The van der Waals surface area contributed by atoms with Crippen LogP contribution in [0.4, 0.5) is 0 Å². The molecule has 9 nitrogen and oxygen atoms in total. The van der Waals surface area contributed by atoms with E-state index in [2.05, 4.69) is 15.0 Å². The molecule has 0 unspecified atom stereocenters. The Morgan fingerprint density at radius 3 is 3.16 bits per heavy atom. The summed E-state index contributed by atoms with van der Waals surface area (Å²) < 4.78 is 6.57. The van der Waals surface area contributed by atoms with E-state index in [4.69, 9.17) is 10.3 Å². The molecule has 1 aromatic rings. The van der Waals surface area contributed by atoms with E-state index >= 15 is 0 Å². The number of aliphatic hydroxyl groups is 2. The fraction of sp³-hybridized carbons (Fsp3) is 0.600. The second kappa shape index (κ2) is 4.98. The summed E-state index contributed by atoms with van der Waals surface area (Å²) in [5, 5.41) is 22.4. The highest BCUT2D eigenvalue weighted by atomic mass is 16.6. The van der Waals surface area contributed by atoms with E-state index in [0.717, 1.165) is 5.56 Å². The summed E-state index contributed by atoms with van der Waals surface area (Å²) in [6, 6.07) is 0. The fourth-order valence-electron chi connectivity index (χ4n) is 1.99. The van der Waals surface area contributed by atoms with Gasteiger partial charge in [0.15, 0.2) is 5.72 Å². The molecule has 0 aliphatic carbocycles. The lowest BCUT2D eigenvalue weighted by Gasteiger charge is -2.24. The molecular weight excluding hydrogens is 254 g/mol. The van der Waals surface area contributed by atoms with Gasteiger partial charge in [-0.15, -0.1) is 0 Å². The molecule has 19 heavy (non-hydrogen) atoms. The van der Waals surface area contributed by atoms with Gasteiger partial charge < -0.3 is 14.9 Å². The van der Waals surface area contributed by atoms with Gasteiger partial charge >= 0.3 is 5.69 Å². The molecule has 0 saturated carbocycles. The zero-order chi connectivity index (χ0) is 14.0. The second-order valence-corrected chi connectivity index (χ2v) is 4.34. The average molecular weight is 267 g/mol. The lowest BCUT2D eigenvalue weighted by Crippen LogP contribution is -2.40. The Kier molecular flexibility index (Phi) is 3.54. The Morgan fingerprint density at radius 1 is 1.79 bits per heavy atom. The molecule has 1 saturated heterocycles. The van der Waals surface area contributed by atoms with E-state index in [1.54, 1.807) is 6.92 Å². The summed E-state index contributed by atoms with van der Waals surface area (Å²) in [5.41, 5.74) is 6.91. The van der Waals surface area contributed by atoms with E-state index in [1.165, 1.54) is 17.0 Å². The SMILES string of the molecule is Cc1cnc(=O)n([C@H]2C[C@H](O)[C@](CO)(N=[N+]=[N-])O2)c1. The lowest BCUT2D eigenvalue weighted by molar-refractivity contribution is -0.124. The molecule has 0 radical (unpaired) electrons. The first-order valence-electron chi connectivity index (χ1n) is 5.60. The molecule has 102 valence electrons. The Labute approximate surface area is 107 Å². The van der Waals surface area contributed by atoms with Crippen LogP contribution in [0.3, 0.4) is 0 Å². The largest absolute Gasteiger partial charge is 0.393 e. The third-order valence-corrected chi connectivity index (χ3v) is 2.98. The quantitative estimate of drug-likeness (QED) is 0.445. The van der Waals surface area contributed by atoms with Crippen LogP contribution in [0.5, 0.6) is 0 Å². The Morgan fingerprint density at radius 2 is 2.53 bits per heavy atom. The average Bonchev–Trinajstić information content (AvgIpc) is 2.71. The van der Waals surface area contributed by atoms with Crippen molar-refractivity contribution in [3.63, 3.8) is 0 Å². The summed E-state index contributed by atoms with van der Waals surface area (Å²) >= 11 is 0. The molecule has 1 fully saturated rings. The Balaban J connectivity index is 2.37. The monoisotopic (exact) mass is 267 g/mol. The number of aryl methyl sites for hydroxylation is 1. The van der Waals surface area contributed by atoms with Crippen LogP contribution in [0.25, 0.3) is 10.4 Å². The Hall–Kier alpha value is -1.93. The van der Waals surface area contributed by atoms with Crippen molar-refractivity contribution < 1.29 is 14.9 Å². The minimum atomic E-state index is -1.76. The molecule has 2 N–H and O–H groups in total. The number of rotatable bonds is 3. The molecule has 1 aliphatic heterocycles. The highest BCUT2D eigenvalue weighted by Crippen LogP contribution is 2.37. The third kappa shape index (κ3) is 2.32. The minimum absolute atomic E-state index is 0.0185. The maximum absolute atomic E-state index is 11.6. The number of hydrogen-bond donors (Lipinski definition) is 2.